The summed E-state index contributed by atoms with van der Waals surface area (Å²) in [6, 6.07) is 4.82. The fourth-order valence-electron chi connectivity index (χ4n) is 2.32. The molecule has 0 aromatic heterocycles. The number of anilines is 1. The van der Waals surface area contributed by atoms with Gasteiger partial charge in [-0.05, 0) is 17.7 Å². The van der Waals surface area contributed by atoms with Crippen molar-refractivity contribution in [2.75, 3.05) is 31.2 Å². The lowest BCUT2D eigenvalue weighted by atomic mass is 10.1. The molecule has 2 rings (SSSR count). The Morgan fingerprint density at radius 1 is 1.24 bits per heavy atom. The third-order valence-corrected chi connectivity index (χ3v) is 3.43. The van der Waals surface area contributed by atoms with Crippen LogP contribution in [0.25, 0.3) is 0 Å². The lowest BCUT2D eigenvalue weighted by molar-refractivity contribution is -0.137. The van der Waals surface area contributed by atoms with Crippen molar-refractivity contribution in [2.24, 2.45) is 0 Å². The van der Waals surface area contributed by atoms with Gasteiger partial charge in [0.1, 0.15) is 0 Å². The molecule has 21 heavy (non-hydrogen) atoms. The van der Waals surface area contributed by atoms with E-state index in [2.05, 4.69) is 5.32 Å². The van der Waals surface area contributed by atoms with E-state index >= 15 is 0 Å². The standard InChI is InChI=1S/C15H21F3N2O/c1-11(2)19-10-12-3-4-14(13(9-12)15(16,17)18)20-5-7-21-8-6-20/h3-4,9,11,19H,5-8,10H2,1-2H3. The van der Waals surface area contributed by atoms with Crippen molar-refractivity contribution in [3.8, 4) is 0 Å². The zero-order valence-corrected chi connectivity index (χ0v) is 12.3. The molecule has 1 aromatic rings. The number of rotatable bonds is 4. The van der Waals surface area contributed by atoms with Gasteiger partial charge in [0.05, 0.1) is 18.8 Å². The summed E-state index contributed by atoms with van der Waals surface area (Å²) >= 11 is 0. The van der Waals surface area contributed by atoms with Crippen LogP contribution in [-0.2, 0) is 17.5 Å². The van der Waals surface area contributed by atoms with Gasteiger partial charge in [-0.3, -0.25) is 0 Å². The van der Waals surface area contributed by atoms with Gasteiger partial charge in [-0.25, -0.2) is 0 Å². The second-order valence-corrected chi connectivity index (χ2v) is 5.48. The number of alkyl halides is 3. The third kappa shape index (κ3) is 4.35. The van der Waals surface area contributed by atoms with E-state index in [-0.39, 0.29) is 11.7 Å². The summed E-state index contributed by atoms with van der Waals surface area (Å²) in [5, 5.41) is 3.14. The topological polar surface area (TPSA) is 24.5 Å². The zero-order valence-electron chi connectivity index (χ0n) is 12.3. The van der Waals surface area contributed by atoms with Crippen molar-refractivity contribution in [3.05, 3.63) is 29.3 Å². The number of halogens is 3. The fraction of sp³-hybridized carbons (Fsp3) is 0.600. The zero-order chi connectivity index (χ0) is 15.5. The van der Waals surface area contributed by atoms with Crippen LogP contribution in [0.4, 0.5) is 18.9 Å². The van der Waals surface area contributed by atoms with Gasteiger partial charge in [-0.1, -0.05) is 19.9 Å². The predicted octanol–water partition coefficient (Wildman–Crippen LogP) is 3.04. The van der Waals surface area contributed by atoms with Crippen LogP contribution in [0.1, 0.15) is 25.0 Å². The van der Waals surface area contributed by atoms with E-state index in [1.807, 2.05) is 13.8 Å². The summed E-state index contributed by atoms with van der Waals surface area (Å²) in [6.07, 6.45) is -4.35. The van der Waals surface area contributed by atoms with Crippen LogP contribution in [0.5, 0.6) is 0 Å². The van der Waals surface area contributed by atoms with Gasteiger partial charge in [0.2, 0.25) is 0 Å². The van der Waals surface area contributed by atoms with Crippen molar-refractivity contribution in [1.82, 2.24) is 5.32 Å². The van der Waals surface area contributed by atoms with Gasteiger partial charge in [0, 0.05) is 31.4 Å². The molecule has 0 atom stereocenters. The minimum atomic E-state index is -4.35. The first kappa shape index (κ1) is 16.1. The van der Waals surface area contributed by atoms with E-state index in [0.29, 0.717) is 38.4 Å². The molecule has 1 aliphatic heterocycles. The Morgan fingerprint density at radius 2 is 1.90 bits per heavy atom. The van der Waals surface area contributed by atoms with Crippen molar-refractivity contribution >= 4 is 5.69 Å². The average molecular weight is 302 g/mol. The van der Waals surface area contributed by atoms with Gasteiger partial charge in [0.25, 0.3) is 0 Å². The molecule has 0 saturated carbocycles. The summed E-state index contributed by atoms with van der Waals surface area (Å²) in [6.45, 7) is 6.28. The van der Waals surface area contributed by atoms with Gasteiger partial charge < -0.3 is 15.0 Å². The number of nitrogens with zero attached hydrogens (tertiary/aromatic N) is 1. The number of morpholine rings is 1. The second kappa shape index (κ2) is 6.66. The van der Waals surface area contributed by atoms with Gasteiger partial charge >= 0.3 is 6.18 Å². The Hall–Kier alpha value is -1.27. The van der Waals surface area contributed by atoms with Crippen LogP contribution in [0.3, 0.4) is 0 Å². The summed E-state index contributed by atoms with van der Waals surface area (Å²) < 4.78 is 45.1. The van der Waals surface area contributed by atoms with E-state index in [1.165, 1.54) is 6.07 Å². The first-order chi connectivity index (χ1) is 9.88. The molecule has 3 nitrogen and oxygen atoms in total. The summed E-state index contributed by atoms with van der Waals surface area (Å²) in [5.41, 5.74) is 0.333. The molecule has 0 amide bonds. The number of hydrogen-bond acceptors (Lipinski definition) is 3. The molecular formula is C15H21F3N2O. The quantitative estimate of drug-likeness (QED) is 0.925. The highest BCUT2D eigenvalue weighted by Gasteiger charge is 2.35. The maximum Gasteiger partial charge on any atom is 0.418 e. The van der Waals surface area contributed by atoms with Crippen LogP contribution in [0.2, 0.25) is 0 Å². The SMILES string of the molecule is CC(C)NCc1ccc(N2CCOCC2)c(C(F)(F)F)c1. The summed E-state index contributed by atoms with van der Waals surface area (Å²) in [5.74, 6) is 0. The van der Waals surface area contributed by atoms with Crippen molar-refractivity contribution in [1.29, 1.82) is 0 Å². The van der Waals surface area contributed by atoms with E-state index in [9.17, 15) is 13.2 Å². The summed E-state index contributed by atoms with van der Waals surface area (Å²) in [7, 11) is 0. The largest absolute Gasteiger partial charge is 0.418 e. The van der Waals surface area contributed by atoms with Crippen molar-refractivity contribution in [3.63, 3.8) is 0 Å². The summed E-state index contributed by atoms with van der Waals surface area (Å²) in [4.78, 5) is 1.74. The molecule has 1 heterocycles. The van der Waals surface area contributed by atoms with Gasteiger partial charge in [-0.15, -0.1) is 0 Å². The maximum atomic E-state index is 13.3. The minimum Gasteiger partial charge on any atom is -0.378 e. The minimum absolute atomic E-state index is 0.234. The number of nitrogens with one attached hydrogen (secondary N) is 1. The van der Waals surface area contributed by atoms with Crippen molar-refractivity contribution in [2.45, 2.75) is 32.6 Å². The molecule has 6 heteroatoms. The highest BCUT2D eigenvalue weighted by molar-refractivity contribution is 5.56. The van der Waals surface area contributed by atoms with E-state index < -0.39 is 11.7 Å². The van der Waals surface area contributed by atoms with Crippen LogP contribution in [0.15, 0.2) is 18.2 Å². The van der Waals surface area contributed by atoms with Crippen LogP contribution < -0.4 is 10.2 Å². The van der Waals surface area contributed by atoms with Gasteiger partial charge in [0.15, 0.2) is 0 Å². The molecule has 0 radical (unpaired) electrons. The molecule has 118 valence electrons. The Kier molecular flexibility index (Phi) is 5.11. The van der Waals surface area contributed by atoms with Crippen LogP contribution in [-0.4, -0.2) is 32.3 Å². The number of ether oxygens (including phenoxy) is 1. The second-order valence-electron chi connectivity index (χ2n) is 5.48. The molecule has 1 fully saturated rings. The Morgan fingerprint density at radius 3 is 2.48 bits per heavy atom. The van der Waals surface area contributed by atoms with Gasteiger partial charge in [-0.2, -0.15) is 13.2 Å². The molecule has 0 unspecified atom stereocenters. The normalized spacial score (nSPS) is 16.6. The van der Waals surface area contributed by atoms with Crippen molar-refractivity contribution < 1.29 is 17.9 Å². The fourth-order valence-corrected chi connectivity index (χ4v) is 2.32. The first-order valence-corrected chi connectivity index (χ1v) is 7.14. The van der Waals surface area contributed by atoms with Crippen LogP contribution >= 0.6 is 0 Å². The average Bonchev–Trinajstić information content (AvgIpc) is 2.45. The highest BCUT2D eigenvalue weighted by Crippen LogP contribution is 2.37. The van der Waals surface area contributed by atoms with E-state index in [4.69, 9.17) is 4.74 Å². The molecule has 1 aliphatic rings. The monoisotopic (exact) mass is 302 g/mol. The van der Waals surface area contributed by atoms with E-state index in [0.717, 1.165) is 0 Å². The van der Waals surface area contributed by atoms with Crippen LogP contribution in [0, 0.1) is 0 Å². The number of hydrogen-bond donors (Lipinski definition) is 1. The van der Waals surface area contributed by atoms with E-state index in [1.54, 1.807) is 17.0 Å². The molecule has 0 bridgehead atoms. The lowest BCUT2D eigenvalue weighted by Crippen LogP contribution is -2.37. The molecule has 1 N–H and O–H groups in total. The molecule has 0 spiro atoms. The Balaban J connectivity index is 2.27. The molecule has 1 saturated heterocycles. The predicted molar refractivity (Wildman–Crippen MR) is 76.5 cm³/mol. The lowest BCUT2D eigenvalue weighted by Gasteiger charge is -2.31. The smallest absolute Gasteiger partial charge is 0.378 e. The third-order valence-electron chi connectivity index (χ3n) is 3.43. The molecular weight excluding hydrogens is 281 g/mol. The highest BCUT2D eigenvalue weighted by atomic mass is 19.4. The molecule has 1 aromatic carbocycles. The number of benzene rings is 1. The first-order valence-electron chi connectivity index (χ1n) is 7.14. The Bertz CT molecular complexity index is 468. The maximum absolute atomic E-state index is 13.3. The molecule has 0 aliphatic carbocycles. The Labute approximate surface area is 123 Å².